The average molecular weight is 320 g/mol. The molecule has 0 saturated carbocycles. The molecule has 0 aromatic heterocycles. The van der Waals surface area contributed by atoms with E-state index >= 15 is 0 Å². The molecule has 1 aliphatic heterocycles. The van der Waals surface area contributed by atoms with Crippen molar-refractivity contribution < 1.29 is 22.7 Å². The first-order valence-electron chi connectivity index (χ1n) is 6.38. The summed E-state index contributed by atoms with van der Waals surface area (Å²) < 4.78 is 42.0. The highest BCUT2D eigenvalue weighted by molar-refractivity contribution is 7.99. The molecule has 1 aromatic rings. The molecule has 1 N–H and O–H groups in total. The molecule has 0 aliphatic carbocycles. The molecule has 116 valence electrons. The highest BCUT2D eigenvalue weighted by atomic mass is 32.2. The van der Waals surface area contributed by atoms with Gasteiger partial charge in [-0.2, -0.15) is 13.2 Å². The predicted molar refractivity (Wildman–Crippen MR) is 74.6 cm³/mol. The van der Waals surface area contributed by atoms with E-state index in [-0.39, 0.29) is 6.03 Å². The first kappa shape index (κ1) is 16.0. The number of ether oxygens (including phenoxy) is 1. The van der Waals surface area contributed by atoms with Crippen molar-refractivity contribution in [2.24, 2.45) is 0 Å². The SMILES string of the molecule is O=C(Nc1ccccc1SCC(F)(F)F)N1CCOCC1. The van der Waals surface area contributed by atoms with Crippen LogP contribution in [0.25, 0.3) is 0 Å². The minimum absolute atomic E-state index is 0.321. The number of alkyl halides is 3. The molecule has 21 heavy (non-hydrogen) atoms. The standard InChI is InChI=1S/C13H15F3N2O2S/c14-13(15,16)9-21-11-4-2-1-3-10(11)17-12(19)18-5-7-20-8-6-18/h1-4H,5-9H2,(H,17,19). The molecule has 8 heteroatoms. The van der Waals surface area contributed by atoms with Crippen LogP contribution in [0.1, 0.15) is 0 Å². The number of nitrogens with one attached hydrogen (secondary N) is 1. The van der Waals surface area contributed by atoms with Crippen molar-refractivity contribution in [3.8, 4) is 0 Å². The van der Waals surface area contributed by atoms with Crippen molar-refractivity contribution in [1.29, 1.82) is 0 Å². The zero-order valence-corrected chi connectivity index (χ0v) is 12.0. The molecule has 0 unspecified atom stereocenters. The van der Waals surface area contributed by atoms with Crippen LogP contribution in [0.15, 0.2) is 29.2 Å². The normalized spacial score (nSPS) is 15.9. The molecule has 1 aliphatic rings. The van der Waals surface area contributed by atoms with Crippen LogP contribution in [0, 0.1) is 0 Å². The number of thioether (sulfide) groups is 1. The average Bonchev–Trinajstić information content (AvgIpc) is 2.46. The van der Waals surface area contributed by atoms with Gasteiger partial charge in [0.15, 0.2) is 0 Å². The molecule has 1 saturated heterocycles. The predicted octanol–water partition coefficient (Wildman–Crippen LogP) is 3.21. The number of para-hydroxylation sites is 1. The van der Waals surface area contributed by atoms with E-state index in [1.165, 1.54) is 0 Å². The molecule has 2 amide bonds. The maximum absolute atomic E-state index is 12.3. The van der Waals surface area contributed by atoms with Gasteiger partial charge in [-0.1, -0.05) is 12.1 Å². The molecular weight excluding hydrogens is 305 g/mol. The van der Waals surface area contributed by atoms with E-state index in [9.17, 15) is 18.0 Å². The van der Waals surface area contributed by atoms with Crippen LogP contribution in [-0.2, 0) is 4.74 Å². The summed E-state index contributed by atoms with van der Waals surface area (Å²) in [6, 6.07) is 6.15. The molecule has 1 heterocycles. The van der Waals surface area contributed by atoms with Gasteiger partial charge in [-0.3, -0.25) is 0 Å². The van der Waals surface area contributed by atoms with Crippen LogP contribution in [0.3, 0.4) is 0 Å². The van der Waals surface area contributed by atoms with E-state index in [1.807, 2.05) is 0 Å². The third-order valence-electron chi connectivity index (χ3n) is 2.82. The largest absolute Gasteiger partial charge is 0.398 e. The molecule has 2 rings (SSSR count). The minimum Gasteiger partial charge on any atom is -0.378 e. The van der Waals surface area contributed by atoms with Crippen LogP contribution in [0.5, 0.6) is 0 Å². The highest BCUT2D eigenvalue weighted by Gasteiger charge is 2.28. The van der Waals surface area contributed by atoms with Crippen molar-refractivity contribution in [2.45, 2.75) is 11.1 Å². The second-order valence-electron chi connectivity index (χ2n) is 4.43. The van der Waals surface area contributed by atoms with Crippen LogP contribution < -0.4 is 5.32 Å². The van der Waals surface area contributed by atoms with Gasteiger partial charge in [-0.25, -0.2) is 4.79 Å². The fraction of sp³-hybridized carbons (Fsp3) is 0.462. The summed E-state index contributed by atoms with van der Waals surface area (Å²) >= 11 is 0.660. The summed E-state index contributed by atoms with van der Waals surface area (Å²) in [5.74, 6) is -0.989. The Balaban J connectivity index is 2.00. The summed E-state index contributed by atoms with van der Waals surface area (Å²) in [7, 11) is 0. The van der Waals surface area contributed by atoms with Crippen molar-refractivity contribution in [1.82, 2.24) is 4.90 Å². The van der Waals surface area contributed by atoms with Crippen molar-refractivity contribution in [3.63, 3.8) is 0 Å². The zero-order valence-electron chi connectivity index (χ0n) is 11.2. The number of hydrogen-bond acceptors (Lipinski definition) is 3. The number of halogens is 3. The smallest absolute Gasteiger partial charge is 0.378 e. The van der Waals surface area contributed by atoms with E-state index in [4.69, 9.17) is 4.74 Å². The van der Waals surface area contributed by atoms with Crippen LogP contribution in [0.2, 0.25) is 0 Å². The second-order valence-corrected chi connectivity index (χ2v) is 5.45. The molecule has 0 spiro atoms. The van der Waals surface area contributed by atoms with Gasteiger partial charge < -0.3 is 15.0 Å². The number of rotatable bonds is 3. The lowest BCUT2D eigenvalue weighted by Gasteiger charge is -2.27. The van der Waals surface area contributed by atoms with Gasteiger partial charge in [0.05, 0.1) is 24.7 Å². The topological polar surface area (TPSA) is 41.6 Å². The Kier molecular flexibility index (Phi) is 5.35. The minimum atomic E-state index is -4.24. The lowest BCUT2D eigenvalue weighted by Crippen LogP contribution is -2.43. The van der Waals surface area contributed by atoms with E-state index in [0.717, 1.165) is 0 Å². The molecule has 4 nitrogen and oxygen atoms in total. The Morgan fingerprint density at radius 1 is 1.29 bits per heavy atom. The van der Waals surface area contributed by atoms with Crippen LogP contribution >= 0.6 is 11.8 Å². The lowest BCUT2D eigenvalue weighted by molar-refractivity contribution is -0.105. The fourth-order valence-corrected chi connectivity index (χ4v) is 2.58. The number of nitrogens with zero attached hydrogens (tertiary/aromatic N) is 1. The summed E-state index contributed by atoms with van der Waals surface area (Å²) in [5, 5.41) is 2.66. The Labute approximate surface area is 124 Å². The van der Waals surface area contributed by atoms with Crippen LogP contribution in [0.4, 0.5) is 23.7 Å². The summed E-state index contributed by atoms with van der Waals surface area (Å²) in [4.78, 5) is 14.0. The van der Waals surface area contributed by atoms with Gasteiger partial charge in [-0.15, -0.1) is 11.8 Å². The first-order valence-corrected chi connectivity index (χ1v) is 7.36. The number of hydrogen-bond donors (Lipinski definition) is 1. The van der Waals surface area contributed by atoms with Gasteiger partial charge in [0, 0.05) is 18.0 Å². The van der Waals surface area contributed by atoms with Crippen molar-refractivity contribution >= 4 is 23.5 Å². The van der Waals surface area contributed by atoms with Crippen LogP contribution in [-0.4, -0.2) is 49.2 Å². The van der Waals surface area contributed by atoms with Gasteiger partial charge in [0.2, 0.25) is 0 Å². The molecule has 0 radical (unpaired) electrons. The van der Waals surface area contributed by atoms with Crippen molar-refractivity contribution in [2.75, 3.05) is 37.4 Å². The van der Waals surface area contributed by atoms with Gasteiger partial charge >= 0.3 is 12.2 Å². The zero-order chi connectivity index (χ0) is 15.3. The molecule has 0 atom stereocenters. The van der Waals surface area contributed by atoms with E-state index in [0.29, 0.717) is 48.6 Å². The quantitative estimate of drug-likeness (QED) is 0.870. The first-order chi connectivity index (χ1) is 9.96. The summed E-state index contributed by atoms with van der Waals surface area (Å²) in [5.41, 5.74) is 0.392. The Bertz CT molecular complexity index is 491. The van der Waals surface area contributed by atoms with E-state index in [2.05, 4.69) is 5.32 Å². The monoisotopic (exact) mass is 320 g/mol. The number of carbonyl (C=O) groups excluding carboxylic acids is 1. The second kappa shape index (κ2) is 7.04. The number of anilines is 1. The number of urea groups is 1. The molecule has 1 fully saturated rings. The Morgan fingerprint density at radius 2 is 1.95 bits per heavy atom. The van der Waals surface area contributed by atoms with Gasteiger partial charge in [-0.05, 0) is 12.1 Å². The molecular formula is C13H15F3N2O2S. The fourth-order valence-electron chi connectivity index (χ4n) is 1.82. The number of benzene rings is 1. The Hall–Kier alpha value is -1.41. The van der Waals surface area contributed by atoms with Gasteiger partial charge in [0.25, 0.3) is 0 Å². The lowest BCUT2D eigenvalue weighted by atomic mass is 10.3. The molecule has 1 aromatic carbocycles. The summed E-state index contributed by atoms with van der Waals surface area (Å²) in [6.45, 7) is 1.89. The maximum atomic E-state index is 12.3. The molecule has 0 bridgehead atoms. The number of morpholine rings is 1. The number of amides is 2. The van der Waals surface area contributed by atoms with E-state index in [1.54, 1.807) is 29.2 Å². The summed E-state index contributed by atoms with van der Waals surface area (Å²) in [6.07, 6.45) is -4.24. The maximum Gasteiger partial charge on any atom is 0.398 e. The third-order valence-corrected chi connectivity index (χ3v) is 3.96. The third kappa shape index (κ3) is 5.13. The highest BCUT2D eigenvalue weighted by Crippen LogP contribution is 2.32. The Morgan fingerprint density at radius 3 is 2.62 bits per heavy atom. The van der Waals surface area contributed by atoms with Crippen molar-refractivity contribution in [3.05, 3.63) is 24.3 Å². The number of carbonyl (C=O) groups is 1. The van der Waals surface area contributed by atoms with Gasteiger partial charge in [0.1, 0.15) is 0 Å². The van der Waals surface area contributed by atoms with E-state index < -0.39 is 11.9 Å².